The molecule has 0 fully saturated rings. The lowest BCUT2D eigenvalue weighted by atomic mass is 10.1. The highest BCUT2D eigenvalue weighted by molar-refractivity contribution is 5.88. The Kier molecular flexibility index (Phi) is 4.07. The van der Waals surface area contributed by atoms with Gasteiger partial charge in [0.1, 0.15) is 5.82 Å². The fourth-order valence-electron chi connectivity index (χ4n) is 1.17. The summed E-state index contributed by atoms with van der Waals surface area (Å²) in [4.78, 5) is 10.6. The highest BCUT2D eigenvalue weighted by Gasteiger charge is 2.17. The third-order valence-corrected chi connectivity index (χ3v) is 2.47. The van der Waals surface area contributed by atoms with E-state index in [-0.39, 0.29) is 11.3 Å². The molecule has 0 saturated heterocycles. The zero-order valence-electron chi connectivity index (χ0n) is 10.1. The second kappa shape index (κ2) is 5.14. The third kappa shape index (κ3) is 3.71. The summed E-state index contributed by atoms with van der Waals surface area (Å²) in [6.45, 7) is 4.15. The van der Waals surface area contributed by atoms with Crippen LogP contribution in [0, 0.1) is 5.82 Å². The average Bonchev–Trinajstić information content (AvgIpc) is 2.27. The summed E-state index contributed by atoms with van der Waals surface area (Å²) in [5.41, 5.74) is -0.225. The van der Waals surface area contributed by atoms with Crippen molar-refractivity contribution >= 4 is 11.7 Å². The summed E-state index contributed by atoms with van der Waals surface area (Å²) in [5.74, 6) is -1.73. The van der Waals surface area contributed by atoms with Crippen molar-refractivity contribution in [3.8, 4) is 0 Å². The number of aromatic carboxylic acids is 1. The van der Waals surface area contributed by atoms with E-state index in [2.05, 4.69) is 5.32 Å². The maximum atomic E-state index is 13.5. The molecule has 0 unspecified atom stereocenters. The first-order valence-electron chi connectivity index (χ1n) is 5.17. The van der Waals surface area contributed by atoms with Crippen molar-refractivity contribution in [2.75, 3.05) is 19.0 Å². The number of hydrogen-bond acceptors (Lipinski definition) is 3. The lowest BCUT2D eigenvalue weighted by Gasteiger charge is -2.23. The van der Waals surface area contributed by atoms with Crippen molar-refractivity contribution in [3.63, 3.8) is 0 Å². The van der Waals surface area contributed by atoms with Crippen LogP contribution in [0.1, 0.15) is 24.2 Å². The first kappa shape index (κ1) is 13.4. The van der Waals surface area contributed by atoms with E-state index in [1.165, 1.54) is 12.1 Å². The SMILES string of the molecule is COC(C)(C)CNc1ccc(C(=O)O)cc1F. The van der Waals surface area contributed by atoms with Crippen LogP contribution in [-0.4, -0.2) is 30.3 Å². The fraction of sp³-hybridized carbons (Fsp3) is 0.417. The van der Waals surface area contributed by atoms with Gasteiger partial charge < -0.3 is 15.2 Å². The molecule has 0 saturated carbocycles. The van der Waals surface area contributed by atoms with Crippen LogP contribution in [0.4, 0.5) is 10.1 Å². The quantitative estimate of drug-likeness (QED) is 0.830. The van der Waals surface area contributed by atoms with Gasteiger partial charge in [-0.1, -0.05) is 0 Å². The zero-order valence-corrected chi connectivity index (χ0v) is 10.1. The van der Waals surface area contributed by atoms with Gasteiger partial charge in [-0.05, 0) is 32.0 Å². The number of benzene rings is 1. The Morgan fingerprint density at radius 1 is 1.53 bits per heavy atom. The number of rotatable bonds is 5. The number of nitrogens with one attached hydrogen (secondary N) is 1. The second-order valence-corrected chi connectivity index (χ2v) is 4.32. The monoisotopic (exact) mass is 241 g/mol. The van der Waals surface area contributed by atoms with Crippen molar-refractivity contribution in [3.05, 3.63) is 29.6 Å². The van der Waals surface area contributed by atoms with E-state index in [1.54, 1.807) is 7.11 Å². The Morgan fingerprint density at radius 2 is 2.18 bits per heavy atom. The van der Waals surface area contributed by atoms with Gasteiger partial charge in [0.25, 0.3) is 0 Å². The Bertz CT molecular complexity index is 418. The van der Waals surface area contributed by atoms with Gasteiger partial charge in [-0.2, -0.15) is 0 Å². The molecule has 0 spiro atoms. The van der Waals surface area contributed by atoms with E-state index in [4.69, 9.17) is 9.84 Å². The van der Waals surface area contributed by atoms with E-state index in [1.807, 2.05) is 13.8 Å². The Morgan fingerprint density at radius 3 is 2.65 bits per heavy atom. The molecule has 1 aromatic carbocycles. The molecular formula is C12H16FNO3. The highest BCUT2D eigenvalue weighted by Crippen LogP contribution is 2.17. The molecular weight excluding hydrogens is 225 g/mol. The standard InChI is InChI=1S/C12H16FNO3/c1-12(2,17-3)7-14-10-5-4-8(11(15)16)6-9(10)13/h4-6,14H,7H2,1-3H3,(H,15,16). The molecule has 0 atom stereocenters. The molecule has 4 nitrogen and oxygen atoms in total. The number of carboxylic acid groups (broad SMARTS) is 1. The van der Waals surface area contributed by atoms with Crippen molar-refractivity contribution in [2.45, 2.75) is 19.4 Å². The maximum absolute atomic E-state index is 13.5. The molecule has 1 aromatic rings. The predicted molar refractivity (Wildman–Crippen MR) is 62.9 cm³/mol. The summed E-state index contributed by atoms with van der Waals surface area (Å²) in [6, 6.07) is 3.75. The molecule has 0 radical (unpaired) electrons. The van der Waals surface area contributed by atoms with E-state index >= 15 is 0 Å². The number of carbonyl (C=O) groups is 1. The Hall–Kier alpha value is -1.62. The molecule has 5 heteroatoms. The summed E-state index contributed by atoms with van der Waals surface area (Å²) in [5, 5.41) is 11.6. The fourth-order valence-corrected chi connectivity index (χ4v) is 1.17. The van der Waals surface area contributed by atoms with Crippen LogP contribution in [0.5, 0.6) is 0 Å². The zero-order chi connectivity index (χ0) is 13.1. The average molecular weight is 241 g/mol. The van der Waals surface area contributed by atoms with Crippen LogP contribution in [0.3, 0.4) is 0 Å². The van der Waals surface area contributed by atoms with Crippen LogP contribution in [0.15, 0.2) is 18.2 Å². The van der Waals surface area contributed by atoms with Gasteiger partial charge in [0.15, 0.2) is 0 Å². The maximum Gasteiger partial charge on any atom is 0.335 e. The van der Waals surface area contributed by atoms with Crippen LogP contribution in [0.25, 0.3) is 0 Å². The predicted octanol–water partition coefficient (Wildman–Crippen LogP) is 2.36. The van der Waals surface area contributed by atoms with E-state index in [0.717, 1.165) is 6.07 Å². The minimum absolute atomic E-state index is 0.0703. The van der Waals surface area contributed by atoms with Crippen LogP contribution < -0.4 is 5.32 Å². The van der Waals surface area contributed by atoms with E-state index < -0.39 is 17.4 Å². The highest BCUT2D eigenvalue weighted by atomic mass is 19.1. The summed E-state index contributed by atoms with van der Waals surface area (Å²) in [6.07, 6.45) is 0. The van der Waals surface area contributed by atoms with Crippen molar-refractivity contribution < 1.29 is 19.0 Å². The number of hydrogen-bond donors (Lipinski definition) is 2. The summed E-state index contributed by atoms with van der Waals surface area (Å²) < 4.78 is 18.7. The molecule has 0 amide bonds. The number of ether oxygens (including phenoxy) is 1. The minimum atomic E-state index is -1.15. The summed E-state index contributed by atoms with van der Waals surface area (Å²) in [7, 11) is 1.57. The third-order valence-electron chi connectivity index (χ3n) is 2.47. The van der Waals surface area contributed by atoms with Crippen LogP contribution >= 0.6 is 0 Å². The van der Waals surface area contributed by atoms with E-state index in [9.17, 15) is 9.18 Å². The van der Waals surface area contributed by atoms with E-state index in [0.29, 0.717) is 6.54 Å². The Balaban J connectivity index is 2.77. The molecule has 0 bridgehead atoms. The lowest BCUT2D eigenvalue weighted by Crippen LogP contribution is -2.32. The Labute approximate surface area is 99.4 Å². The molecule has 0 aromatic heterocycles. The van der Waals surface area contributed by atoms with Crippen LogP contribution in [-0.2, 0) is 4.74 Å². The van der Waals surface area contributed by atoms with Crippen molar-refractivity contribution in [2.24, 2.45) is 0 Å². The second-order valence-electron chi connectivity index (χ2n) is 4.32. The lowest BCUT2D eigenvalue weighted by molar-refractivity contribution is 0.0343. The molecule has 0 aliphatic rings. The van der Waals surface area contributed by atoms with Crippen molar-refractivity contribution in [1.29, 1.82) is 0 Å². The number of carboxylic acids is 1. The molecule has 0 aliphatic heterocycles. The number of anilines is 1. The van der Waals surface area contributed by atoms with Gasteiger partial charge in [0.2, 0.25) is 0 Å². The smallest absolute Gasteiger partial charge is 0.335 e. The topological polar surface area (TPSA) is 58.6 Å². The molecule has 17 heavy (non-hydrogen) atoms. The van der Waals surface area contributed by atoms with Gasteiger partial charge in [-0.15, -0.1) is 0 Å². The van der Waals surface area contributed by atoms with Gasteiger partial charge in [0.05, 0.1) is 16.9 Å². The molecule has 1 rings (SSSR count). The molecule has 94 valence electrons. The first-order chi connectivity index (χ1) is 7.85. The van der Waals surface area contributed by atoms with Gasteiger partial charge >= 0.3 is 5.97 Å². The largest absolute Gasteiger partial charge is 0.478 e. The first-order valence-corrected chi connectivity index (χ1v) is 5.17. The van der Waals surface area contributed by atoms with Gasteiger partial charge in [-0.3, -0.25) is 0 Å². The molecule has 0 heterocycles. The van der Waals surface area contributed by atoms with Crippen LogP contribution in [0.2, 0.25) is 0 Å². The van der Waals surface area contributed by atoms with Crippen molar-refractivity contribution in [1.82, 2.24) is 0 Å². The van der Waals surface area contributed by atoms with Gasteiger partial charge in [0, 0.05) is 13.7 Å². The molecule has 2 N–H and O–H groups in total. The normalized spacial score (nSPS) is 11.3. The minimum Gasteiger partial charge on any atom is -0.478 e. The summed E-state index contributed by atoms with van der Waals surface area (Å²) >= 11 is 0. The molecule has 0 aliphatic carbocycles. The van der Waals surface area contributed by atoms with Gasteiger partial charge in [-0.25, -0.2) is 9.18 Å². The number of halogens is 1. The number of methoxy groups -OCH3 is 1.